The predicted octanol–water partition coefficient (Wildman–Crippen LogP) is 3.29. The molecule has 3 nitrogen and oxygen atoms in total. The molecule has 0 heterocycles. The Morgan fingerprint density at radius 3 is 2.32 bits per heavy atom. The minimum absolute atomic E-state index is 0.147. The van der Waals surface area contributed by atoms with Crippen LogP contribution in [0, 0.1) is 0 Å². The number of nitrogens with one attached hydrogen (secondary N) is 1. The molecule has 0 aromatic heterocycles. The molecule has 0 aliphatic heterocycles. The SMILES string of the molecule is CCCCS(=O)(=O)C1CCCCCCC1NCCC. The number of unbranched alkanes of at least 4 members (excludes halogenated alkanes) is 1. The summed E-state index contributed by atoms with van der Waals surface area (Å²) < 4.78 is 25.1. The minimum atomic E-state index is -2.93. The molecule has 1 N–H and O–H groups in total. The van der Waals surface area contributed by atoms with Gasteiger partial charge < -0.3 is 5.32 Å². The summed E-state index contributed by atoms with van der Waals surface area (Å²) in [5, 5.41) is 3.35. The van der Waals surface area contributed by atoms with Gasteiger partial charge in [0.1, 0.15) is 0 Å². The molecule has 0 bridgehead atoms. The molecule has 1 fully saturated rings. The van der Waals surface area contributed by atoms with Gasteiger partial charge in [0.05, 0.1) is 11.0 Å². The van der Waals surface area contributed by atoms with E-state index in [1.54, 1.807) is 0 Å². The fourth-order valence-corrected chi connectivity index (χ4v) is 5.19. The average molecular weight is 289 g/mol. The van der Waals surface area contributed by atoms with Gasteiger partial charge in [-0.1, -0.05) is 46.0 Å². The van der Waals surface area contributed by atoms with E-state index in [2.05, 4.69) is 19.2 Å². The normalized spacial score (nSPS) is 25.8. The van der Waals surface area contributed by atoms with Gasteiger partial charge in [-0.3, -0.25) is 0 Å². The van der Waals surface area contributed by atoms with E-state index >= 15 is 0 Å². The molecule has 0 aromatic carbocycles. The molecule has 2 atom stereocenters. The second kappa shape index (κ2) is 8.96. The van der Waals surface area contributed by atoms with Crippen LogP contribution in [0.3, 0.4) is 0 Å². The van der Waals surface area contributed by atoms with Gasteiger partial charge >= 0.3 is 0 Å². The van der Waals surface area contributed by atoms with Crippen molar-refractivity contribution in [3.63, 3.8) is 0 Å². The lowest BCUT2D eigenvalue weighted by atomic mass is 9.96. The van der Waals surface area contributed by atoms with Gasteiger partial charge in [-0.25, -0.2) is 8.42 Å². The van der Waals surface area contributed by atoms with E-state index in [1.165, 1.54) is 19.3 Å². The van der Waals surface area contributed by atoms with Crippen LogP contribution in [0.2, 0.25) is 0 Å². The largest absolute Gasteiger partial charge is 0.313 e. The summed E-state index contributed by atoms with van der Waals surface area (Å²) in [5.74, 6) is 0.373. The van der Waals surface area contributed by atoms with E-state index in [-0.39, 0.29) is 11.3 Å². The molecule has 1 rings (SSSR count). The molecule has 1 saturated carbocycles. The first-order valence-corrected chi connectivity index (χ1v) is 9.78. The third-order valence-electron chi connectivity index (χ3n) is 4.10. The highest BCUT2D eigenvalue weighted by Gasteiger charge is 2.32. The zero-order valence-electron chi connectivity index (χ0n) is 12.7. The summed E-state index contributed by atoms with van der Waals surface area (Å²) in [4.78, 5) is 0. The lowest BCUT2D eigenvalue weighted by molar-refractivity contribution is 0.387. The van der Waals surface area contributed by atoms with Crippen LogP contribution in [0.15, 0.2) is 0 Å². The van der Waals surface area contributed by atoms with Crippen molar-refractivity contribution in [1.29, 1.82) is 0 Å². The maximum absolute atomic E-state index is 12.5. The van der Waals surface area contributed by atoms with Crippen molar-refractivity contribution in [2.75, 3.05) is 12.3 Å². The first-order chi connectivity index (χ1) is 9.11. The van der Waals surface area contributed by atoms with Crippen molar-refractivity contribution >= 4 is 9.84 Å². The highest BCUT2D eigenvalue weighted by Crippen LogP contribution is 2.24. The number of rotatable bonds is 7. The lowest BCUT2D eigenvalue weighted by Gasteiger charge is -2.30. The van der Waals surface area contributed by atoms with Crippen molar-refractivity contribution in [3.8, 4) is 0 Å². The van der Waals surface area contributed by atoms with Crippen molar-refractivity contribution in [1.82, 2.24) is 5.32 Å². The van der Waals surface area contributed by atoms with E-state index in [0.717, 1.165) is 45.1 Å². The molecule has 19 heavy (non-hydrogen) atoms. The molecular formula is C15H31NO2S. The van der Waals surface area contributed by atoms with Gasteiger partial charge in [0.15, 0.2) is 9.84 Å². The quantitative estimate of drug-likeness (QED) is 0.782. The molecule has 0 radical (unpaired) electrons. The molecule has 114 valence electrons. The van der Waals surface area contributed by atoms with Crippen LogP contribution in [-0.4, -0.2) is 32.0 Å². The zero-order chi connectivity index (χ0) is 14.1. The van der Waals surface area contributed by atoms with Crippen LogP contribution in [-0.2, 0) is 9.84 Å². The molecule has 0 aromatic rings. The second-order valence-corrected chi connectivity index (χ2v) is 8.15. The average Bonchev–Trinajstić information content (AvgIpc) is 2.35. The summed E-state index contributed by atoms with van der Waals surface area (Å²) in [6.07, 6.45) is 9.40. The first-order valence-electron chi connectivity index (χ1n) is 8.06. The smallest absolute Gasteiger partial charge is 0.154 e. The van der Waals surface area contributed by atoms with Crippen LogP contribution >= 0.6 is 0 Å². The molecule has 4 heteroatoms. The van der Waals surface area contributed by atoms with E-state index in [9.17, 15) is 8.42 Å². The van der Waals surface area contributed by atoms with Crippen molar-refractivity contribution in [2.45, 2.75) is 82.9 Å². The monoisotopic (exact) mass is 289 g/mol. The maximum atomic E-state index is 12.5. The van der Waals surface area contributed by atoms with Gasteiger partial charge in [0.2, 0.25) is 0 Å². The highest BCUT2D eigenvalue weighted by atomic mass is 32.2. The molecule has 1 aliphatic rings. The fourth-order valence-electron chi connectivity index (χ4n) is 2.94. The van der Waals surface area contributed by atoms with Crippen LogP contribution < -0.4 is 5.32 Å². The summed E-state index contributed by atoms with van der Waals surface area (Å²) in [6, 6.07) is 0.183. The van der Waals surface area contributed by atoms with E-state index in [1.807, 2.05) is 0 Å². The molecule has 2 unspecified atom stereocenters. The number of hydrogen-bond acceptors (Lipinski definition) is 3. The van der Waals surface area contributed by atoms with Crippen LogP contribution in [0.1, 0.15) is 71.6 Å². The Balaban J connectivity index is 2.74. The summed E-state index contributed by atoms with van der Waals surface area (Å²) >= 11 is 0. The Morgan fingerprint density at radius 2 is 1.68 bits per heavy atom. The first kappa shape index (κ1) is 17.0. The van der Waals surface area contributed by atoms with Gasteiger partial charge in [0, 0.05) is 6.04 Å². The predicted molar refractivity (Wildman–Crippen MR) is 82.3 cm³/mol. The van der Waals surface area contributed by atoms with Crippen molar-refractivity contribution in [3.05, 3.63) is 0 Å². The Morgan fingerprint density at radius 1 is 1.00 bits per heavy atom. The molecular weight excluding hydrogens is 258 g/mol. The lowest BCUT2D eigenvalue weighted by Crippen LogP contribution is -2.45. The zero-order valence-corrected chi connectivity index (χ0v) is 13.5. The van der Waals surface area contributed by atoms with E-state index in [4.69, 9.17) is 0 Å². The highest BCUT2D eigenvalue weighted by molar-refractivity contribution is 7.92. The Bertz CT molecular complexity index is 325. The summed E-state index contributed by atoms with van der Waals surface area (Å²) in [6.45, 7) is 5.13. The van der Waals surface area contributed by atoms with Crippen molar-refractivity contribution < 1.29 is 8.42 Å². The Kier molecular flexibility index (Phi) is 8.00. The summed E-state index contributed by atoms with van der Waals surface area (Å²) in [5.41, 5.74) is 0. The summed E-state index contributed by atoms with van der Waals surface area (Å²) in [7, 11) is -2.93. The second-order valence-electron chi connectivity index (χ2n) is 5.81. The van der Waals surface area contributed by atoms with Gasteiger partial charge in [-0.05, 0) is 32.2 Å². The standard InChI is InChI=1S/C15H31NO2S/c1-3-5-13-19(17,18)15-11-9-7-6-8-10-14(15)16-12-4-2/h14-16H,3-13H2,1-2H3. The third-order valence-corrected chi connectivity index (χ3v) is 6.45. The van der Waals surface area contributed by atoms with Crippen LogP contribution in [0.25, 0.3) is 0 Å². The van der Waals surface area contributed by atoms with Crippen molar-refractivity contribution in [2.24, 2.45) is 0 Å². The number of hydrogen-bond donors (Lipinski definition) is 1. The van der Waals surface area contributed by atoms with Gasteiger partial charge in [0.25, 0.3) is 0 Å². The fraction of sp³-hybridized carbons (Fsp3) is 1.00. The topological polar surface area (TPSA) is 46.2 Å². The van der Waals surface area contributed by atoms with Crippen LogP contribution in [0.5, 0.6) is 0 Å². The molecule has 0 spiro atoms. The van der Waals surface area contributed by atoms with Crippen LogP contribution in [0.4, 0.5) is 0 Å². The van der Waals surface area contributed by atoms with Gasteiger partial charge in [-0.2, -0.15) is 0 Å². The van der Waals surface area contributed by atoms with Gasteiger partial charge in [-0.15, -0.1) is 0 Å². The molecule has 0 amide bonds. The minimum Gasteiger partial charge on any atom is -0.313 e. The van der Waals surface area contributed by atoms with E-state index in [0.29, 0.717) is 5.75 Å². The Labute approximate surface area is 119 Å². The maximum Gasteiger partial charge on any atom is 0.154 e. The Hall–Kier alpha value is -0.0900. The van der Waals surface area contributed by atoms with E-state index < -0.39 is 9.84 Å². The molecule has 1 aliphatic carbocycles. The third kappa shape index (κ3) is 5.82. The molecule has 0 saturated heterocycles. The number of sulfone groups is 1.